The molecule has 1 amide bonds. The predicted molar refractivity (Wildman–Crippen MR) is 92.6 cm³/mol. The Kier molecular flexibility index (Phi) is 7.80. The molecule has 0 aliphatic rings. The van der Waals surface area contributed by atoms with Crippen LogP contribution in [0, 0.1) is 0 Å². The first-order valence-corrected chi connectivity index (χ1v) is 7.78. The maximum absolute atomic E-state index is 12.0. The van der Waals surface area contributed by atoms with Crippen molar-refractivity contribution in [2.75, 3.05) is 13.7 Å². The van der Waals surface area contributed by atoms with Crippen LogP contribution in [0.25, 0.3) is 0 Å². The summed E-state index contributed by atoms with van der Waals surface area (Å²) < 4.78 is 10.7. The molecule has 0 saturated heterocycles. The van der Waals surface area contributed by atoms with Crippen LogP contribution in [0.1, 0.15) is 28.0 Å². The monoisotopic (exact) mass is 357 g/mol. The van der Waals surface area contributed by atoms with E-state index in [1.165, 1.54) is 11.3 Å². The van der Waals surface area contributed by atoms with Crippen LogP contribution in [0.15, 0.2) is 23.6 Å². The van der Waals surface area contributed by atoms with E-state index < -0.39 is 0 Å². The fraction of sp³-hybridized carbons (Fsp3) is 0.333. The van der Waals surface area contributed by atoms with Gasteiger partial charge >= 0.3 is 0 Å². The minimum Gasteiger partial charge on any atom is -0.493 e. The Morgan fingerprint density at radius 2 is 2.17 bits per heavy atom. The van der Waals surface area contributed by atoms with Gasteiger partial charge in [-0.1, -0.05) is 6.07 Å². The highest BCUT2D eigenvalue weighted by atomic mass is 35.5. The van der Waals surface area contributed by atoms with Gasteiger partial charge in [-0.2, -0.15) is 0 Å². The highest BCUT2D eigenvalue weighted by Gasteiger charge is 2.11. The largest absolute Gasteiger partial charge is 0.493 e. The van der Waals surface area contributed by atoms with Crippen molar-refractivity contribution in [1.29, 1.82) is 0 Å². The number of amides is 1. The zero-order valence-corrected chi connectivity index (χ0v) is 14.6. The lowest BCUT2D eigenvalue weighted by atomic mass is 10.2. The van der Waals surface area contributed by atoms with Crippen LogP contribution in [0.4, 0.5) is 0 Å². The van der Waals surface area contributed by atoms with E-state index >= 15 is 0 Å². The molecule has 0 radical (unpaired) electrons. The molecule has 23 heavy (non-hydrogen) atoms. The lowest BCUT2D eigenvalue weighted by molar-refractivity contribution is 0.0946. The first-order chi connectivity index (χ1) is 10.7. The van der Waals surface area contributed by atoms with E-state index in [1.807, 2.05) is 25.1 Å². The number of halogens is 1. The topological polar surface area (TPSA) is 86.5 Å². The number of carbonyl (C=O) groups excluding carboxylic acids is 1. The number of aromatic nitrogens is 1. The molecule has 1 heterocycles. The second-order valence-corrected chi connectivity index (χ2v) is 5.37. The Labute approximate surface area is 145 Å². The predicted octanol–water partition coefficient (Wildman–Crippen LogP) is 2.36. The molecule has 0 spiro atoms. The Balaban J connectivity index is 0.00000264. The molecule has 0 aliphatic heterocycles. The number of benzene rings is 1. The summed E-state index contributed by atoms with van der Waals surface area (Å²) in [5.41, 5.74) is 6.81. The molecule has 2 aromatic rings. The summed E-state index contributed by atoms with van der Waals surface area (Å²) in [5, 5.41) is 5.28. The fourth-order valence-electron chi connectivity index (χ4n) is 1.88. The SMILES string of the molecule is CCOc1cc(CNC(=O)c2csc(CN)n2)ccc1OC.Cl. The van der Waals surface area contributed by atoms with E-state index in [-0.39, 0.29) is 18.3 Å². The van der Waals surface area contributed by atoms with Gasteiger partial charge in [0.15, 0.2) is 11.5 Å². The van der Waals surface area contributed by atoms with E-state index in [2.05, 4.69) is 10.3 Å². The van der Waals surface area contributed by atoms with Gasteiger partial charge in [-0.25, -0.2) is 4.98 Å². The number of ether oxygens (including phenoxy) is 2. The summed E-state index contributed by atoms with van der Waals surface area (Å²) in [4.78, 5) is 16.2. The number of carbonyl (C=O) groups is 1. The Morgan fingerprint density at radius 3 is 2.78 bits per heavy atom. The Morgan fingerprint density at radius 1 is 1.39 bits per heavy atom. The lowest BCUT2D eigenvalue weighted by Gasteiger charge is -2.11. The van der Waals surface area contributed by atoms with Crippen molar-refractivity contribution in [2.24, 2.45) is 5.73 Å². The third-order valence-electron chi connectivity index (χ3n) is 2.94. The van der Waals surface area contributed by atoms with E-state index in [4.69, 9.17) is 15.2 Å². The summed E-state index contributed by atoms with van der Waals surface area (Å²) in [6.07, 6.45) is 0. The van der Waals surface area contributed by atoms with Crippen molar-refractivity contribution in [3.05, 3.63) is 39.8 Å². The molecule has 0 aliphatic carbocycles. The van der Waals surface area contributed by atoms with E-state index in [0.29, 0.717) is 36.9 Å². The van der Waals surface area contributed by atoms with Crippen molar-refractivity contribution in [3.8, 4) is 11.5 Å². The van der Waals surface area contributed by atoms with Crippen LogP contribution >= 0.6 is 23.7 Å². The van der Waals surface area contributed by atoms with Crippen LogP contribution < -0.4 is 20.5 Å². The van der Waals surface area contributed by atoms with E-state index in [0.717, 1.165) is 10.6 Å². The first kappa shape index (κ1) is 19.2. The van der Waals surface area contributed by atoms with Gasteiger partial charge in [-0.05, 0) is 24.6 Å². The molecule has 0 atom stereocenters. The normalized spacial score (nSPS) is 9.87. The highest BCUT2D eigenvalue weighted by molar-refractivity contribution is 7.09. The molecule has 1 aromatic heterocycles. The second kappa shape index (κ2) is 9.34. The molecule has 0 unspecified atom stereocenters. The van der Waals surface area contributed by atoms with Gasteiger partial charge in [-0.15, -0.1) is 23.7 Å². The van der Waals surface area contributed by atoms with Crippen molar-refractivity contribution >= 4 is 29.7 Å². The van der Waals surface area contributed by atoms with Gasteiger partial charge in [0.05, 0.1) is 13.7 Å². The van der Waals surface area contributed by atoms with Gasteiger partial charge in [0.2, 0.25) is 0 Å². The zero-order chi connectivity index (χ0) is 15.9. The average molecular weight is 358 g/mol. The summed E-state index contributed by atoms with van der Waals surface area (Å²) in [7, 11) is 1.59. The lowest BCUT2D eigenvalue weighted by Crippen LogP contribution is -2.23. The summed E-state index contributed by atoms with van der Waals surface area (Å²) >= 11 is 1.38. The summed E-state index contributed by atoms with van der Waals surface area (Å²) in [6, 6.07) is 5.56. The molecular weight excluding hydrogens is 338 g/mol. The van der Waals surface area contributed by atoms with E-state index in [9.17, 15) is 4.79 Å². The second-order valence-electron chi connectivity index (χ2n) is 4.43. The molecule has 3 N–H and O–H groups in total. The molecule has 0 fully saturated rings. The number of hydrogen-bond donors (Lipinski definition) is 2. The van der Waals surface area contributed by atoms with Crippen LogP contribution in [-0.2, 0) is 13.1 Å². The standard InChI is InChI=1S/C15H19N3O3S.ClH/c1-3-21-13-6-10(4-5-12(13)20-2)8-17-15(19)11-9-22-14(7-16)18-11;/h4-6,9H,3,7-8,16H2,1-2H3,(H,17,19);1H. The number of nitrogens with one attached hydrogen (secondary N) is 1. The molecule has 0 bridgehead atoms. The minimum atomic E-state index is -0.218. The highest BCUT2D eigenvalue weighted by Crippen LogP contribution is 2.28. The molecule has 2 rings (SSSR count). The number of nitrogens with zero attached hydrogens (tertiary/aromatic N) is 1. The van der Waals surface area contributed by atoms with Crippen molar-refractivity contribution < 1.29 is 14.3 Å². The molecule has 6 nitrogen and oxygen atoms in total. The van der Waals surface area contributed by atoms with Crippen molar-refractivity contribution in [2.45, 2.75) is 20.0 Å². The number of methoxy groups -OCH3 is 1. The third kappa shape index (κ3) is 5.09. The van der Waals surface area contributed by atoms with E-state index in [1.54, 1.807) is 12.5 Å². The minimum absolute atomic E-state index is 0. The maximum atomic E-state index is 12.0. The number of thiazole rings is 1. The number of rotatable bonds is 7. The van der Waals surface area contributed by atoms with Gasteiger partial charge in [0.25, 0.3) is 5.91 Å². The number of hydrogen-bond acceptors (Lipinski definition) is 6. The molecule has 1 aromatic carbocycles. The molecular formula is C15H20ClN3O3S. The average Bonchev–Trinajstić information content (AvgIpc) is 3.02. The molecule has 8 heteroatoms. The Hall–Kier alpha value is -1.83. The molecule has 0 saturated carbocycles. The zero-order valence-electron chi connectivity index (χ0n) is 13.0. The van der Waals surface area contributed by atoms with Crippen LogP contribution in [0.5, 0.6) is 11.5 Å². The van der Waals surface area contributed by atoms with Gasteiger partial charge in [0, 0.05) is 18.5 Å². The van der Waals surface area contributed by atoms with Crippen molar-refractivity contribution in [3.63, 3.8) is 0 Å². The summed E-state index contributed by atoms with van der Waals surface area (Å²) in [6.45, 7) is 3.19. The van der Waals surface area contributed by atoms with Crippen LogP contribution in [-0.4, -0.2) is 24.6 Å². The number of nitrogens with two attached hydrogens (primary N) is 1. The van der Waals surface area contributed by atoms with Gasteiger partial charge < -0.3 is 20.5 Å². The van der Waals surface area contributed by atoms with Crippen LogP contribution in [0.2, 0.25) is 0 Å². The Bertz CT molecular complexity index is 649. The molecule has 126 valence electrons. The van der Waals surface area contributed by atoms with Crippen LogP contribution in [0.3, 0.4) is 0 Å². The first-order valence-electron chi connectivity index (χ1n) is 6.90. The van der Waals surface area contributed by atoms with Gasteiger partial charge in [-0.3, -0.25) is 4.79 Å². The fourth-order valence-corrected chi connectivity index (χ4v) is 2.54. The third-order valence-corrected chi connectivity index (χ3v) is 3.81. The smallest absolute Gasteiger partial charge is 0.271 e. The van der Waals surface area contributed by atoms with Gasteiger partial charge in [0.1, 0.15) is 10.7 Å². The quantitative estimate of drug-likeness (QED) is 0.794. The summed E-state index contributed by atoms with van der Waals surface area (Å²) in [5.74, 6) is 1.12. The van der Waals surface area contributed by atoms with Crippen molar-refractivity contribution in [1.82, 2.24) is 10.3 Å². The maximum Gasteiger partial charge on any atom is 0.271 e.